The van der Waals surface area contributed by atoms with Crippen LogP contribution in [0, 0.1) is 6.57 Å². The maximum atomic E-state index is 7.31. The number of aromatic nitrogens is 11. The topological polar surface area (TPSA) is 135 Å². The summed E-state index contributed by atoms with van der Waals surface area (Å²) in [5.74, 6) is 4.53. The van der Waals surface area contributed by atoms with Crippen molar-refractivity contribution in [1.82, 2.24) is 53.6 Å². The van der Waals surface area contributed by atoms with Crippen molar-refractivity contribution in [3.05, 3.63) is 436 Å². The summed E-state index contributed by atoms with van der Waals surface area (Å²) in [5.41, 5.74) is 21.8. The Morgan fingerprint density at radius 2 is 0.629 bits per heavy atom. The normalized spacial score (nSPS) is 11.6. The molecule has 616 valence electrons. The molecule has 0 unspecified atom stereocenters. The van der Waals surface area contributed by atoms with E-state index in [1.807, 2.05) is 199 Å². The highest BCUT2D eigenvalue weighted by atomic mass is 32.1. The number of para-hydroxylation sites is 5. The van der Waals surface area contributed by atoms with Gasteiger partial charge in [0.15, 0.2) is 52.0 Å². The van der Waals surface area contributed by atoms with Crippen LogP contribution in [-0.2, 0) is 0 Å². The van der Waals surface area contributed by atoms with Crippen LogP contribution in [0.15, 0.2) is 429 Å². The Morgan fingerprint density at radius 1 is 0.227 bits per heavy atom. The van der Waals surface area contributed by atoms with Crippen LogP contribution in [0.3, 0.4) is 0 Å². The fourth-order valence-electron chi connectivity index (χ4n) is 18.8. The van der Waals surface area contributed by atoms with Crippen molar-refractivity contribution >= 4 is 167 Å². The average molecular weight is 1720 g/mol. The Hall–Kier alpha value is -17.6. The van der Waals surface area contributed by atoms with E-state index in [1.165, 1.54) is 89.3 Å². The number of furan rings is 1. The van der Waals surface area contributed by atoms with Gasteiger partial charge in [0, 0.05) is 140 Å². The van der Waals surface area contributed by atoms with Gasteiger partial charge in [0.25, 0.3) is 0 Å². The first kappa shape index (κ1) is 76.8. The first-order chi connectivity index (χ1) is 65.4. The average Bonchev–Trinajstić information content (AvgIpc) is 1.56. The van der Waals surface area contributed by atoms with Crippen LogP contribution >= 0.6 is 22.7 Å². The number of fused-ring (bicyclic) bond motifs is 21. The highest BCUT2D eigenvalue weighted by Crippen LogP contribution is 2.47. The molecular weight excluding hydrogens is 1650 g/mol. The van der Waals surface area contributed by atoms with E-state index in [0.29, 0.717) is 46.5 Å². The van der Waals surface area contributed by atoms with Gasteiger partial charge in [-0.15, -0.1) is 22.7 Å². The monoisotopic (exact) mass is 1720 g/mol. The van der Waals surface area contributed by atoms with E-state index < -0.39 is 0 Å². The van der Waals surface area contributed by atoms with Crippen molar-refractivity contribution in [2.75, 3.05) is 0 Å². The maximum Gasteiger partial charge on any atom is 0.187 e. The molecule has 0 amide bonds. The minimum atomic E-state index is 0.612. The molecule has 0 aliphatic carbocycles. The fourth-order valence-corrected chi connectivity index (χ4v) is 21.2. The Balaban J connectivity index is 0.000000106. The van der Waals surface area contributed by atoms with E-state index >= 15 is 0 Å². The number of rotatable bonds is 11. The molecular formula is C117H70N12OS2. The van der Waals surface area contributed by atoms with Gasteiger partial charge in [-0.05, 0) is 115 Å². The van der Waals surface area contributed by atoms with Crippen LogP contribution in [0.1, 0.15) is 0 Å². The van der Waals surface area contributed by atoms with E-state index in [4.69, 9.17) is 50.9 Å². The minimum absolute atomic E-state index is 0.612. The summed E-state index contributed by atoms with van der Waals surface area (Å²) in [6.07, 6.45) is 0. The smallest absolute Gasteiger partial charge is 0.187 e. The zero-order chi connectivity index (χ0) is 87.3. The van der Waals surface area contributed by atoms with Gasteiger partial charge in [0.2, 0.25) is 0 Å². The molecule has 9 aromatic heterocycles. The molecule has 0 saturated heterocycles. The van der Waals surface area contributed by atoms with Crippen molar-refractivity contribution in [1.29, 1.82) is 0 Å². The Bertz CT molecular complexity index is 8830. The molecule has 27 aromatic rings. The van der Waals surface area contributed by atoms with E-state index in [0.717, 1.165) is 117 Å². The third kappa shape index (κ3) is 13.4. The Labute approximate surface area is 763 Å². The SMILES string of the molecule is [C-]#[N+]c1ccc(-c2nc(-c3ccc(-n4c5ccccc5c5cc6sc7ccccc7c6cc54)cc3)nc3ccccc23)cc1.c1ccc(-c2nc(-c3ccccc3)nc(-c3cccc(-n4c5ccccc5c5ccc6c7ccccc7oc6c54)c3)n2)cc1.c1ccc(-c2nc(-c3ccccc3)nc(-c3cccc(-n4c5ccccc5c5ccc6c7ccccc7sc6c54)c3)n2)cc1. The first-order valence-electron chi connectivity index (χ1n) is 43.7. The molecule has 0 atom stereocenters. The maximum absolute atomic E-state index is 7.31. The molecule has 9 heterocycles. The molecule has 0 aliphatic rings. The third-order valence-corrected chi connectivity index (χ3v) is 27.2. The molecule has 0 saturated carbocycles. The quantitative estimate of drug-likeness (QED) is 0.116. The lowest BCUT2D eigenvalue weighted by Gasteiger charge is -2.12. The van der Waals surface area contributed by atoms with E-state index in [-0.39, 0.29) is 0 Å². The van der Waals surface area contributed by atoms with Gasteiger partial charge in [-0.25, -0.2) is 44.7 Å². The van der Waals surface area contributed by atoms with Gasteiger partial charge in [0.1, 0.15) is 5.58 Å². The highest BCUT2D eigenvalue weighted by molar-refractivity contribution is 7.27. The molecule has 0 N–H and O–H groups in total. The molecule has 0 fully saturated rings. The summed E-state index contributed by atoms with van der Waals surface area (Å²) >= 11 is 3.72. The van der Waals surface area contributed by atoms with Crippen molar-refractivity contribution in [3.8, 4) is 108 Å². The minimum Gasteiger partial charge on any atom is -0.454 e. The summed E-state index contributed by atoms with van der Waals surface area (Å²) in [6.45, 7) is 7.31. The predicted octanol–water partition coefficient (Wildman–Crippen LogP) is 31.2. The van der Waals surface area contributed by atoms with Crippen LogP contribution < -0.4 is 0 Å². The van der Waals surface area contributed by atoms with Crippen LogP contribution in [0.2, 0.25) is 0 Å². The van der Waals surface area contributed by atoms with E-state index in [2.05, 4.69) is 267 Å². The summed E-state index contributed by atoms with van der Waals surface area (Å²) in [6, 6.07) is 147. The molecule has 15 heteroatoms. The Morgan fingerprint density at radius 3 is 1.18 bits per heavy atom. The summed E-state index contributed by atoms with van der Waals surface area (Å²) in [7, 11) is 0. The largest absolute Gasteiger partial charge is 0.454 e. The lowest BCUT2D eigenvalue weighted by Crippen LogP contribution is -2.01. The highest BCUT2D eigenvalue weighted by Gasteiger charge is 2.25. The second-order valence-electron chi connectivity index (χ2n) is 32.7. The van der Waals surface area contributed by atoms with Crippen LogP contribution in [0.25, 0.3) is 251 Å². The number of nitrogens with zero attached hydrogens (tertiary/aromatic N) is 12. The van der Waals surface area contributed by atoms with Gasteiger partial charge in [-0.2, -0.15) is 0 Å². The van der Waals surface area contributed by atoms with E-state index in [1.54, 1.807) is 0 Å². The van der Waals surface area contributed by atoms with Gasteiger partial charge >= 0.3 is 0 Å². The molecule has 13 nitrogen and oxygen atoms in total. The second-order valence-corrected chi connectivity index (χ2v) is 34.8. The number of hydrogen-bond donors (Lipinski definition) is 0. The number of benzene rings is 18. The molecule has 0 bridgehead atoms. The molecule has 27 rings (SSSR count). The van der Waals surface area contributed by atoms with Crippen LogP contribution in [0.5, 0.6) is 0 Å². The van der Waals surface area contributed by atoms with Gasteiger partial charge in [-0.1, -0.05) is 315 Å². The van der Waals surface area contributed by atoms with Gasteiger partial charge in [0.05, 0.1) is 55.6 Å². The molecule has 0 spiro atoms. The zero-order valence-corrected chi connectivity index (χ0v) is 72.1. The van der Waals surface area contributed by atoms with Gasteiger partial charge in [-0.3, -0.25) is 0 Å². The zero-order valence-electron chi connectivity index (χ0n) is 70.5. The Kier molecular flexibility index (Phi) is 18.7. The first-order valence-corrected chi connectivity index (χ1v) is 45.3. The summed E-state index contributed by atoms with van der Waals surface area (Å²) < 4.78 is 18.8. The van der Waals surface area contributed by atoms with E-state index in [9.17, 15) is 0 Å². The lowest BCUT2D eigenvalue weighted by molar-refractivity contribution is 0.671. The lowest BCUT2D eigenvalue weighted by atomic mass is 10.1. The summed E-state index contributed by atoms with van der Waals surface area (Å²) in [4.78, 5) is 43.2. The third-order valence-electron chi connectivity index (χ3n) is 24.9. The van der Waals surface area contributed by atoms with Crippen molar-refractivity contribution in [3.63, 3.8) is 0 Å². The molecule has 0 aliphatic heterocycles. The standard InChI is InChI=1S/C39H24N4O.C39H22N4S.C39H24N4S/c1-3-12-25(13-4-1)37-40-38(26-14-5-2-6-15-26)42-39(41-37)27-16-11-17-28(24-27)43-33-20-9-7-18-29(33)31-22-23-32-30-19-8-10-21-34(30)44-36(32)35(31)43;1-40-26-18-14-24(15-19-26)38-30-10-2-5-11-33(30)41-39(42-38)25-16-20-27(21-17-25)43-34-12-6-3-8-28(34)31-23-37-32(22-35(31)43)29-9-4-7-13-36(29)44-37;1-3-12-25(13-4-1)37-40-38(26-14-5-2-6-15-26)42-39(41-37)27-16-11-17-28(24-27)43-33-20-9-7-18-29(33)31-22-23-32-30-19-8-10-21-34(30)44-36(32)35(31)43/h1-24H;2-23H;1-24H. The summed E-state index contributed by atoms with van der Waals surface area (Å²) in [5, 5.41) is 15.7. The molecule has 0 radical (unpaired) electrons. The second kappa shape index (κ2) is 32.1. The fraction of sp³-hybridized carbons (Fsp3) is 0. The molecule has 18 aromatic carbocycles. The van der Waals surface area contributed by atoms with Crippen molar-refractivity contribution in [2.45, 2.75) is 0 Å². The van der Waals surface area contributed by atoms with Crippen LogP contribution in [-0.4, -0.2) is 53.6 Å². The molecule has 132 heavy (non-hydrogen) atoms. The number of thiophene rings is 2. The van der Waals surface area contributed by atoms with Crippen molar-refractivity contribution in [2.24, 2.45) is 0 Å². The van der Waals surface area contributed by atoms with Crippen LogP contribution in [0.4, 0.5) is 5.69 Å². The van der Waals surface area contributed by atoms with Gasteiger partial charge < -0.3 is 18.1 Å². The number of hydrogen-bond acceptors (Lipinski definition) is 11. The predicted molar refractivity (Wildman–Crippen MR) is 545 cm³/mol. The van der Waals surface area contributed by atoms with Crippen molar-refractivity contribution < 1.29 is 4.42 Å².